The molecule has 5 aromatic rings. The van der Waals surface area contributed by atoms with Crippen molar-refractivity contribution in [3.8, 4) is 23.0 Å². The van der Waals surface area contributed by atoms with Crippen LogP contribution in [0.25, 0.3) is 21.7 Å². The van der Waals surface area contributed by atoms with Gasteiger partial charge >= 0.3 is 6.18 Å². The van der Waals surface area contributed by atoms with Crippen LogP contribution in [0.5, 0.6) is 23.0 Å². The van der Waals surface area contributed by atoms with Gasteiger partial charge in [0.15, 0.2) is 11.5 Å². The van der Waals surface area contributed by atoms with Crippen LogP contribution >= 0.6 is 0 Å². The highest BCUT2D eigenvalue weighted by atomic mass is 19.4. The molecule has 6 rings (SSSR count). The number of morpholine rings is 1. The fraction of sp³-hybridized carbons (Fsp3) is 0.270. The van der Waals surface area contributed by atoms with Crippen molar-refractivity contribution in [2.24, 2.45) is 0 Å². The second kappa shape index (κ2) is 16.3. The normalized spacial score (nSPS) is 13.3. The highest BCUT2D eigenvalue weighted by Crippen LogP contribution is 2.37. The summed E-state index contributed by atoms with van der Waals surface area (Å²) in [5.41, 5.74) is 2.14. The fourth-order valence-electron chi connectivity index (χ4n) is 5.37. The predicted molar refractivity (Wildman–Crippen MR) is 185 cm³/mol. The van der Waals surface area contributed by atoms with Crippen LogP contribution in [0.2, 0.25) is 0 Å². The average Bonchev–Trinajstić information content (AvgIpc) is 3.07. The molecule has 0 aliphatic carbocycles. The summed E-state index contributed by atoms with van der Waals surface area (Å²) < 4.78 is 48.6. The summed E-state index contributed by atoms with van der Waals surface area (Å²) in [5.74, 6) is 0.951. The predicted octanol–water partition coefficient (Wildman–Crippen LogP) is 7.77. The SMILES string of the molecule is CC(=O)Nc1ccccc1NC(=O)c1cccc2cc(Oc3ccnc4cc(OCCCN5CCOCC5)c(O)cc34)ccc12.CC(F)(F)F. The molecule has 1 saturated heterocycles. The van der Waals surface area contributed by atoms with Gasteiger partial charge in [-0.3, -0.25) is 19.5 Å². The molecule has 0 unspecified atom stereocenters. The number of amides is 2. The van der Waals surface area contributed by atoms with Crippen molar-refractivity contribution in [2.45, 2.75) is 26.4 Å². The van der Waals surface area contributed by atoms with Crippen molar-refractivity contribution < 1.29 is 42.1 Å². The van der Waals surface area contributed by atoms with E-state index in [-0.39, 0.29) is 24.5 Å². The van der Waals surface area contributed by atoms with E-state index in [1.54, 1.807) is 60.8 Å². The summed E-state index contributed by atoms with van der Waals surface area (Å²) in [6.07, 6.45) is -1.51. The van der Waals surface area contributed by atoms with Gasteiger partial charge in [0, 0.05) is 56.7 Å². The van der Waals surface area contributed by atoms with Gasteiger partial charge in [0.05, 0.1) is 36.7 Å². The van der Waals surface area contributed by atoms with Gasteiger partial charge in [-0.15, -0.1) is 0 Å². The standard InChI is InChI=1S/C35H34N4O6.C2H3F3/c1-23(40)37-29-8-2-3-9-30(29)38-35(42)27-7-4-6-24-20-25(10-11-26(24)27)45-33-12-13-36-31-22-34(32(41)21-28(31)33)44-17-5-14-39-15-18-43-19-16-39;1-2(3,4)5/h2-4,6-13,20-22,41H,5,14-19H2,1H3,(H,37,40)(H,38,42);1H3. The minimum absolute atomic E-state index is 0.0148. The number of phenols is 1. The highest BCUT2D eigenvalue weighted by molar-refractivity contribution is 6.14. The lowest BCUT2D eigenvalue weighted by molar-refractivity contribution is -0.114. The molecule has 13 heteroatoms. The third-order valence-electron chi connectivity index (χ3n) is 7.57. The number of phenolic OH excluding ortho intramolecular Hbond substituents is 1. The zero-order valence-electron chi connectivity index (χ0n) is 27.5. The van der Waals surface area contributed by atoms with Crippen molar-refractivity contribution >= 4 is 44.9 Å². The Balaban J connectivity index is 0.000000908. The Morgan fingerprint density at radius 1 is 0.920 bits per heavy atom. The minimum Gasteiger partial charge on any atom is -0.504 e. The maximum absolute atomic E-state index is 13.3. The summed E-state index contributed by atoms with van der Waals surface area (Å²) >= 11 is 0. The van der Waals surface area contributed by atoms with Gasteiger partial charge in [-0.05, 0) is 65.7 Å². The molecule has 3 N–H and O–H groups in total. The Kier molecular flexibility index (Phi) is 11.7. The van der Waals surface area contributed by atoms with Crippen molar-refractivity contribution in [3.05, 3.63) is 90.6 Å². The number of aromatic hydroxyl groups is 1. The quantitative estimate of drug-likeness (QED) is 0.127. The zero-order chi connectivity index (χ0) is 35.7. The Morgan fingerprint density at radius 2 is 1.64 bits per heavy atom. The van der Waals surface area contributed by atoms with Crippen molar-refractivity contribution in [3.63, 3.8) is 0 Å². The largest absolute Gasteiger partial charge is 0.504 e. The van der Waals surface area contributed by atoms with E-state index < -0.39 is 6.18 Å². The fourth-order valence-corrected chi connectivity index (χ4v) is 5.37. The molecule has 0 saturated carbocycles. The number of anilines is 2. The average molecular weight is 691 g/mol. The molecule has 1 fully saturated rings. The van der Waals surface area contributed by atoms with Crippen LogP contribution in [0.3, 0.4) is 0 Å². The second-order valence-electron chi connectivity index (χ2n) is 11.6. The molecule has 0 spiro atoms. The zero-order valence-corrected chi connectivity index (χ0v) is 27.5. The molecule has 1 aromatic heterocycles. The third-order valence-corrected chi connectivity index (χ3v) is 7.57. The molecule has 4 aromatic carbocycles. The number of carbonyl (C=O) groups is 2. The number of alkyl halides is 3. The number of fused-ring (bicyclic) bond motifs is 2. The maximum Gasteiger partial charge on any atom is 0.386 e. The number of carbonyl (C=O) groups excluding carboxylic acids is 2. The van der Waals surface area contributed by atoms with Gasteiger partial charge in [-0.2, -0.15) is 13.2 Å². The Bertz CT molecular complexity index is 1960. The van der Waals surface area contributed by atoms with Crippen LogP contribution in [-0.4, -0.2) is 72.4 Å². The molecule has 0 radical (unpaired) electrons. The van der Waals surface area contributed by atoms with E-state index in [1.807, 2.05) is 24.3 Å². The Hall–Kier alpha value is -5.40. The monoisotopic (exact) mass is 690 g/mol. The summed E-state index contributed by atoms with van der Waals surface area (Å²) in [7, 11) is 0. The second-order valence-corrected chi connectivity index (χ2v) is 11.6. The lowest BCUT2D eigenvalue weighted by atomic mass is 10.0. The van der Waals surface area contributed by atoms with Gasteiger partial charge in [0.2, 0.25) is 5.91 Å². The van der Waals surface area contributed by atoms with Gasteiger partial charge in [-0.25, -0.2) is 0 Å². The molecule has 2 amide bonds. The number of hydrogen-bond acceptors (Lipinski definition) is 8. The van der Waals surface area contributed by atoms with Gasteiger partial charge < -0.3 is 30.0 Å². The number of ether oxygens (including phenoxy) is 3. The molecule has 0 atom stereocenters. The summed E-state index contributed by atoms with van der Waals surface area (Å²) in [6.45, 7) is 6.38. The number of para-hydroxylation sites is 2. The summed E-state index contributed by atoms with van der Waals surface area (Å²) in [5, 5.41) is 18.6. The number of hydrogen-bond donors (Lipinski definition) is 3. The number of nitrogens with one attached hydrogen (secondary N) is 2. The van der Waals surface area contributed by atoms with Crippen LogP contribution < -0.4 is 20.1 Å². The van der Waals surface area contributed by atoms with E-state index in [4.69, 9.17) is 14.2 Å². The van der Waals surface area contributed by atoms with E-state index in [9.17, 15) is 27.9 Å². The minimum atomic E-state index is -4.00. The van der Waals surface area contributed by atoms with Crippen molar-refractivity contribution in [1.29, 1.82) is 0 Å². The van der Waals surface area contributed by atoms with Crippen LogP contribution in [0.4, 0.5) is 24.5 Å². The van der Waals surface area contributed by atoms with Gasteiger partial charge in [0.25, 0.3) is 5.91 Å². The lowest BCUT2D eigenvalue weighted by Crippen LogP contribution is -2.37. The molecule has 10 nitrogen and oxygen atoms in total. The van der Waals surface area contributed by atoms with Crippen LogP contribution in [0.15, 0.2) is 85.1 Å². The molecule has 0 bridgehead atoms. The number of benzene rings is 4. The Labute approximate surface area is 286 Å². The topological polar surface area (TPSA) is 122 Å². The van der Waals surface area contributed by atoms with Gasteiger partial charge in [0.1, 0.15) is 11.5 Å². The number of aromatic nitrogens is 1. The van der Waals surface area contributed by atoms with E-state index in [0.717, 1.165) is 50.0 Å². The molecule has 1 aliphatic rings. The smallest absolute Gasteiger partial charge is 0.386 e. The van der Waals surface area contributed by atoms with Gasteiger partial charge in [-0.1, -0.05) is 24.3 Å². The van der Waals surface area contributed by atoms with Crippen LogP contribution in [0, 0.1) is 0 Å². The lowest BCUT2D eigenvalue weighted by Gasteiger charge is -2.26. The first-order valence-electron chi connectivity index (χ1n) is 15.9. The molecule has 262 valence electrons. The first kappa shape index (κ1) is 35.9. The molecular weight excluding hydrogens is 653 g/mol. The first-order chi connectivity index (χ1) is 23.9. The molecule has 2 heterocycles. The number of rotatable bonds is 10. The summed E-state index contributed by atoms with van der Waals surface area (Å²) in [4.78, 5) is 31.7. The third kappa shape index (κ3) is 10.1. The highest BCUT2D eigenvalue weighted by Gasteiger charge is 2.17. The maximum atomic E-state index is 13.3. The molecule has 50 heavy (non-hydrogen) atoms. The number of nitrogens with zero attached hydrogens (tertiary/aromatic N) is 2. The summed E-state index contributed by atoms with van der Waals surface area (Å²) in [6, 6.07) is 23.1. The van der Waals surface area contributed by atoms with E-state index >= 15 is 0 Å². The van der Waals surface area contributed by atoms with Crippen LogP contribution in [-0.2, 0) is 9.53 Å². The Morgan fingerprint density at radius 3 is 2.36 bits per heavy atom. The first-order valence-corrected chi connectivity index (χ1v) is 15.9. The van der Waals surface area contributed by atoms with Crippen molar-refractivity contribution in [2.75, 3.05) is 50.1 Å². The molecule has 1 aliphatic heterocycles. The van der Waals surface area contributed by atoms with E-state index in [2.05, 4.69) is 20.5 Å². The van der Waals surface area contributed by atoms with Crippen molar-refractivity contribution in [1.82, 2.24) is 9.88 Å². The van der Waals surface area contributed by atoms with Crippen LogP contribution in [0.1, 0.15) is 30.6 Å². The molecular formula is C37H37F3N4O6. The van der Waals surface area contributed by atoms with E-state index in [0.29, 0.717) is 51.7 Å². The number of halogens is 3. The van der Waals surface area contributed by atoms with E-state index in [1.165, 1.54) is 6.92 Å². The number of pyridine rings is 1.